The van der Waals surface area contributed by atoms with Crippen molar-refractivity contribution in [3.05, 3.63) is 62.8 Å². The third-order valence-electron chi connectivity index (χ3n) is 4.76. The Morgan fingerprint density at radius 1 is 1.27 bits per heavy atom. The SMILES string of the molecule is Cn1nc(CC(=O)N2CCC(Cc3cc(F)cc(Cl)c3)CC2)ccc1=O. The Morgan fingerprint density at radius 2 is 2.00 bits per heavy atom. The van der Waals surface area contributed by atoms with E-state index in [0.717, 1.165) is 24.8 Å². The number of piperidine rings is 1. The largest absolute Gasteiger partial charge is 0.342 e. The molecule has 5 nitrogen and oxygen atoms in total. The highest BCUT2D eigenvalue weighted by Crippen LogP contribution is 2.24. The Labute approximate surface area is 156 Å². The lowest BCUT2D eigenvalue weighted by atomic mass is 9.90. The van der Waals surface area contributed by atoms with E-state index >= 15 is 0 Å². The molecule has 138 valence electrons. The van der Waals surface area contributed by atoms with Gasteiger partial charge in [0, 0.05) is 31.2 Å². The van der Waals surface area contributed by atoms with Gasteiger partial charge in [0.1, 0.15) is 5.82 Å². The molecule has 1 aromatic carbocycles. The minimum absolute atomic E-state index is 0.0170. The van der Waals surface area contributed by atoms with Crippen molar-refractivity contribution < 1.29 is 9.18 Å². The van der Waals surface area contributed by atoms with Crippen LogP contribution in [0.5, 0.6) is 0 Å². The Balaban J connectivity index is 1.53. The molecule has 0 saturated carbocycles. The first-order valence-electron chi connectivity index (χ1n) is 8.66. The molecule has 1 aliphatic rings. The summed E-state index contributed by atoms with van der Waals surface area (Å²) in [6.07, 6.45) is 2.71. The molecule has 1 fully saturated rings. The predicted molar refractivity (Wildman–Crippen MR) is 97.6 cm³/mol. The number of hydrogen-bond donors (Lipinski definition) is 0. The van der Waals surface area contributed by atoms with Crippen molar-refractivity contribution in [1.82, 2.24) is 14.7 Å². The fourth-order valence-corrected chi connectivity index (χ4v) is 3.60. The second-order valence-corrected chi connectivity index (χ2v) is 7.21. The van der Waals surface area contributed by atoms with E-state index in [1.54, 1.807) is 19.2 Å². The van der Waals surface area contributed by atoms with Crippen LogP contribution in [0.1, 0.15) is 24.1 Å². The molecular formula is C19H21ClFN3O2. The summed E-state index contributed by atoms with van der Waals surface area (Å²) in [5.74, 6) is 0.112. The summed E-state index contributed by atoms with van der Waals surface area (Å²) in [6, 6.07) is 7.65. The highest BCUT2D eigenvalue weighted by Gasteiger charge is 2.23. The van der Waals surface area contributed by atoms with Gasteiger partial charge in [-0.3, -0.25) is 9.59 Å². The number of benzene rings is 1. The Morgan fingerprint density at radius 3 is 2.65 bits per heavy atom. The van der Waals surface area contributed by atoms with Crippen molar-refractivity contribution in [2.45, 2.75) is 25.7 Å². The number of hydrogen-bond acceptors (Lipinski definition) is 3. The minimum atomic E-state index is -0.315. The lowest BCUT2D eigenvalue weighted by Gasteiger charge is -2.32. The number of nitrogens with zero attached hydrogens (tertiary/aromatic N) is 3. The van der Waals surface area contributed by atoms with Crippen LogP contribution in [-0.2, 0) is 24.7 Å². The van der Waals surface area contributed by atoms with Crippen molar-refractivity contribution in [3.63, 3.8) is 0 Å². The molecule has 0 unspecified atom stereocenters. The van der Waals surface area contributed by atoms with Crippen molar-refractivity contribution in [2.24, 2.45) is 13.0 Å². The molecule has 1 saturated heterocycles. The summed E-state index contributed by atoms with van der Waals surface area (Å²) in [5, 5.41) is 4.52. The highest BCUT2D eigenvalue weighted by atomic mass is 35.5. The van der Waals surface area contributed by atoms with E-state index in [2.05, 4.69) is 5.10 Å². The van der Waals surface area contributed by atoms with Gasteiger partial charge in [-0.25, -0.2) is 9.07 Å². The molecule has 0 radical (unpaired) electrons. The van der Waals surface area contributed by atoms with Gasteiger partial charge in [-0.1, -0.05) is 11.6 Å². The molecule has 0 N–H and O–H groups in total. The van der Waals surface area contributed by atoms with Gasteiger partial charge in [-0.2, -0.15) is 5.10 Å². The van der Waals surface area contributed by atoms with Crippen LogP contribution in [0.25, 0.3) is 0 Å². The molecule has 0 atom stereocenters. The molecule has 3 rings (SSSR count). The molecule has 2 heterocycles. The molecule has 1 aromatic heterocycles. The van der Waals surface area contributed by atoms with E-state index in [9.17, 15) is 14.0 Å². The topological polar surface area (TPSA) is 55.2 Å². The van der Waals surface area contributed by atoms with Crippen molar-refractivity contribution in [1.29, 1.82) is 0 Å². The fraction of sp³-hybridized carbons (Fsp3) is 0.421. The molecule has 0 bridgehead atoms. The molecule has 0 spiro atoms. The molecular weight excluding hydrogens is 357 g/mol. The Hall–Kier alpha value is -2.21. The maximum Gasteiger partial charge on any atom is 0.266 e. The summed E-state index contributed by atoms with van der Waals surface area (Å²) in [4.78, 5) is 25.6. The summed E-state index contributed by atoms with van der Waals surface area (Å²) in [7, 11) is 1.57. The fourth-order valence-electron chi connectivity index (χ4n) is 3.36. The first kappa shape index (κ1) is 18.6. The van der Waals surface area contributed by atoms with Crippen LogP contribution >= 0.6 is 11.6 Å². The number of aromatic nitrogens is 2. The minimum Gasteiger partial charge on any atom is -0.342 e. The van der Waals surface area contributed by atoms with Gasteiger partial charge >= 0.3 is 0 Å². The van der Waals surface area contributed by atoms with Gasteiger partial charge in [0.05, 0.1) is 12.1 Å². The molecule has 7 heteroatoms. The van der Waals surface area contributed by atoms with E-state index in [-0.39, 0.29) is 23.7 Å². The molecule has 1 amide bonds. The van der Waals surface area contributed by atoms with Crippen LogP contribution in [0, 0.1) is 11.7 Å². The van der Waals surface area contributed by atoms with Gasteiger partial charge in [-0.05, 0) is 55.0 Å². The summed E-state index contributed by atoms with van der Waals surface area (Å²) >= 11 is 5.91. The smallest absolute Gasteiger partial charge is 0.266 e. The first-order chi connectivity index (χ1) is 12.4. The van der Waals surface area contributed by atoms with Crippen LogP contribution in [-0.4, -0.2) is 33.7 Å². The Kier molecular flexibility index (Phi) is 5.71. The lowest BCUT2D eigenvalue weighted by molar-refractivity contribution is -0.131. The third-order valence-corrected chi connectivity index (χ3v) is 4.98. The first-order valence-corrected chi connectivity index (χ1v) is 9.04. The molecule has 0 aliphatic carbocycles. The van der Waals surface area contributed by atoms with Gasteiger partial charge in [0.15, 0.2) is 0 Å². The van der Waals surface area contributed by atoms with E-state index < -0.39 is 0 Å². The molecule has 26 heavy (non-hydrogen) atoms. The zero-order chi connectivity index (χ0) is 18.7. The van der Waals surface area contributed by atoms with Crippen molar-refractivity contribution in [2.75, 3.05) is 13.1 Å². The van der Waals surface area contributed by atoms with Crippen LogP contribution in [0.3, 0.4) is 0 Å². The summed E-state index contributed by atoms with van der Waals surface area (Å²) in [5.41, 5.74) is 1.29. The normalized spacial score (nSPS) is 15.3. The standard InChI is InChI=1S/C19H21ClFN3O2/c1-23-18(25)3-2-17(22-23)12-19(26)24-6-4-13(5-7-24)8-14-9-15(20)11-16(21)10-14/h2-3,9-11,13H,4-8,12H2,1H3. The summed E-state index contributed by atoms with van der Waals surface area (Å²) in [6.45, 7) is 1.36. The predicted octanol–water partition coefficient (Wildman–Crippen LogP) is 2.60. The molecule has 1 aliphatic heterocycles. The van der Waals surface area contributed by atoms with Crippen LogP contribution in [0.2, 0.25) is 5.02 Å². The second kappa shape index (κ2) is 7.99. The zero-order valence-corrected chi connectivity index (χ0v) is 15.4. The van der Waals surface area contributed by atoms with Gasteiger partial charge in [0.25, 0.3) is 5.56 Å². The van der Waals surface area contributed by atoms with Crippen LogP contribution < -0.4 is 5.56 Å². The second-order valence-electron chi connectivity index (χ2n) is 6.77. The van der Waals surface area contributed by atoms with E-state index in [0.29, 0.717) is 29.7 Å². The maximum atomic E-state index is 13.4. The van der Waals surface area contributed by atoms with Crippen molar-refractivity contribution >= 4 is 17.5 Å². The number of carbonyl (C=O) groups excluding carboxylic acids is 1. The van der Waals surface area contributed by atoms with Gasteiger partial charge in [-0.15, -0.1) is 0 Å². The number of amides is 1. The average Bonchev–Trinajstić information content (AvgIpc) is 2.58. The van der Waals surface area contributed by atoms with E-state index in [1.807, 2.05) is 4.90 Å². The number of aryl methyl sites for hydroxylation is 1. The van der Waals surface area contributed by atoms with Gasteiger partial charge in [0.2, 0.25) is 5.91 Å². The van der Waals surface area contributed by atoms with Crippen LogP contribution in [0.15, 0.2) is 35.1 Å². The Bertz CT molecular complexity index is 840. The number of rotatable bonds is 4. The quantitative estimate of drug-likeness (QED) is 0.823. The monoisotopic (exact) mass is 377 g/mol. The average molecular weight is 378 g/mol. The number of likely N-dealkylation sites (tertiary alicyclic amines) is 1. The van der Waals surface area contributed by atoms with Crippen LogP contribution in [0.4, 0.5) is 4.39 Å². The lowest BCUT2D eigenvalue weighted by Crippen LogP contribution is -2.40. The van der Waals surface area contributed by atoms with Crippen molar-refractivity contribution in [3.8, 4) is 0 Å². The number of halogens is 2. The third kappa shape index (κ3) is 4.69. The molecule has 2 aromatic rings. The van der Waals surface area contributed by atoms with E-state index in [4.69, 9.17) is 11.6 Å². The summed E-state index contributed by atoms with van der Waals surface area (Å²) < 4.78 is 14.7. The highest BCUT2D eigenvalue weighted by molar-refractivity contribution is 6.30. The number of carbonyl (C=O) groups is 1. The van der Waals surface area contributed by atoms with E-state index in [1.165, 1.54) is 22.9 Å². The van der Waals surface area contributed by atoms with Gasteiger partial charge < -0.3 is 4.90 Å². The maximum absolute atomic E-state index is 13.4. The zero-order valence-electron chi connectivity index (χ0n) is 14.6.